The lowest BCUT2D eigenvalue weighted by molar-refractivity contribution is 0.596. The number of nitrogens with one attached hydrogen (secondary N) is 1. The summed E-state index contributed by atoms with van der Waals surface area (Å²) in [6.45, 7) is 6.29. The van der Waals surface area contributed by atoms with Crippen LogP contribution in [0.15, 0.2) is 48.8 Å². The van der Waals surface area contributed by atoms with Gasteiger partial charge in [0.1, 0.15) is 0 Å². The maximum Gasteiger partial charge on any atom is 0.0470 e. The fourth-order valence-electron chi connectivity index (χ4n) is 2.03. The van der Waals surface area contributed by atoms with Gasteiger partial charge in [-0.25, -0.2) is 0 Å². The largest absolute Gasteiger partial charge is 0.350 e. The summed E-state index contributed by atoms with van der Waals surface area (Å²) >= 11 is 0. The Morgan fingerprint density at radius 1 is 1.18 bits per heavy atom. The number of benzene rings is 1. The average molecular weight is 228 g/mol. The molecular weight excluding hydrogens is 208 g/mol. The van der Waals surface area contributed by atoms with Crippen molar-refractivity contribution in [3.63, 3.8) is 0 Å². The lowest BCUT2D eigenvalue weighted by Gasteiger charge is -2.09. The zero-order valence-electron chi connectivity index (χ0n) is 10.6. The number of nitrogens with zero attached hydrogens (tertiary/aromatic N) is 1. The summed E-state index contributed by atoms with van der Waals surface area (Å²) in [5.41, 5.74) is 2.69. The van der Waals surface area contributed by atoms with Gasteiger partial charge in [-0.2, -0.15) is 0 Å². The molecule has 0 fully saturated rings. The molecule has 1 N–H and O–H groups in total. The van der Waals surface area contributed by atoms with Gasteiger partial charge in [0.2, 0.25) is 0 Å². The number of aromatic nitrogens is 1. The van der Waals surface area contributed by atoms with Crippen molar-refractivity contribution in [3.05, 3.63) is 59.9 Å². The van der Waals surface area contributed by atoms with E-state index in [1.54, 1.807) is 0 Å². The van der Waals surface area contributed by atoms with E-state index in [2.05, 4.69) is 72.5 Å². The van der Waals surface area contributed by atoms with Gasteiger partial charge >= 0.3 is 0 Å². The van der Waals surface area contributed by atoms with E-state index >= 15 is 0 Å². The number of rotatable bonds is 5. The van der Waals surface area contributed by atoms with Gasteiger partial charge in [-0.15, -0.1) is 0 Å². The quantitative estimate of drug-likeness (QED) is 0.831. The molecule has 0 saturated heterocycles. The van der Waals surface area contributed by atoms with Crippen LogP contribution in [0.1, 0.15) is 31.0 Å². The molecule has 0 saturated carbocycles. The third-order valence-corrected chi connectivity index (χ3v) is 2.99. The first kappa shape index (κ1) is 11.9. The van der Waals surface area contributed by atoms with Gasteiger partial charge in [0.15, 0.2) is 0 Å². The Labute approximate surface area is 103 Å². The molecule has 2 heteroatoms. The fraction of sp³-hybridized carbons (Fsp3) is 0.333. The molecule has 0 spiro atoms. The van der Waals surface area contributed by atoms with E-state index in [1.165, 1.54) is 11.1 Å². The molecule has 17 heavy (non-hydrogen) atoms. The molecule has 0 aliphatic carbocycles. The molecule has 1 unspecified atom stereocenters. The molecule has 1 heterocycles. The molecule has 0 amide bonds. The second-order valence-electron chi connectivity index (χ2n) is 4.38. The highest BCUT2D eigenvalue weighted by Gasteiger charge is 2.05. The number of hydrogen-bond acceptors (Lipinski definition) is 1. The number of hydrogen-bond donors (Lipinski definition) is 1. The summed E-state index contributed by atoms with van der Waals surface area (Å²) in [4.78, 5) is 0. The Hall–Kier alpha value is -1.54. The molecule has 90 valence electrons. The van der Waals surface area contributed by atoms with Crippen LogP contribution in [0.3, 0.4) is 0 Å². The van der Waals surface area contributed by atoms with E-state index < -0.39 is 0 Å². The summed E-state index contributed by atoms with van der Waals surface area (Å²) in [5, 5.41) is 3.43. The third kappa shape index (κ3) is 3.21. The van der Waals surface area contributed by atoms with Gasteiger partial charge in [0.25, 0.3) is 0 Å². The Bertz CT molecular complexity index is 445. The Morgan fingerprint density at radius 3 is 2.65 bits per heavy atom. The van der Waals surface area contributed by atoms with Crippen LogP contribution in [0, 0.1) is 0 Å². The summed E-state index contributed by atoms with van der Waals surface area (Å²) in [6.07, 6.45) is 4.37. The summed E-state index contributed by atoms with van der Waals surface area (Å²) in [6, 6.07) is 13.2. The van der Waals surface area contributed by atoms with E-state index in [1.807, 2.05) is 0 Å². The van der Waals surface area contributed by atoms with Crippen molar-refractivity contribution in [1.29, 1.82) is 0 Å². The maximum absolute atomic E-state index is 3.43. The van der Waals surface area contributed by atoms with Crippen LogP contribution in [0.5, 0.6) is 0 Å². The van der Waals surface area contributed by atoms with Crippen LogP contribution in [0.2, 0.25) is 0 Å². The van der Waals surface area contributed by atoms with E-state index in [4.69, 9.17) is 0 Å². The maximum atomic E-state index is 3.43. The van der Waals surface area contributed by atoms with Gasteiger partial charge in [-0.1, -0.05) is 37.3 Å². The average Bonchev–Trinajstić information content (AvgIpc) is 2.79. The van der Waals surface area contributed by atoms with E-state index in [0.29, 0.717) is 6.04 Å². The molecule has 2 nitrogen and oxygen atoms in total. The standard InChI is InChI=1S/C15H20N2/c1-3-16-13(2)15-9-10-17(12-15)11-14-7-5-4-6-8-14/h4-10,12-13,16H,3,11H2,1-2H3. The second-order valence-corrected chi connectivity index (χ2v) is 4.38. The van der Waals surface area contributed by atoms with Crippen molar-refractivity contribution >= 4 is 0 Å². The van der Waals surface area contributed by atoms with Crippen LogP contribution in [-0.2, 0) is 6.54 Å². The third-order valence-electron chi connectivity index (χ3n) is 2.99. The fourth-order valence-corrected chi connectivity index (χ4v) is 2.03. The summed E-state index contributed by atoms with van der Waals surface area (Å²) in [5.74, 6) is 0. The molecule has 0 aliphatic heterocycles. The summed E-state index contributed by atoms with van der Waals surface area (Å²) in [7, 11) is 0. The van der Waals surface area contributed by atoms with Gasteiger partial charge < -0.3 is 9.88 Å². The molecule has 1 aromatic heterocycles. The Balaban J connectivity index is 2.04. The molecule has 1 atom stereocenters. The Kier molecular flexibility index (Phi) is 3.99. The van der Waals surface area contributed by atoms with Crippen LogP contribution in [0.4, 0.5) is 0 Å². The highest BCUT2D eigenvalue weighted by Crippen LogP contribution is 2.13. The zero-order chi connectivity index (χ0) is 12.1. The molecule has 2 aromatic rings. The van der Waals surface area contributed by atoms with Crippen molar-refractivity contribution in [3.8, 4) is 0 Å². The molecule has 0 aliphatic rings. The van der Waals surface area contributed by atoms with Crippen molar-refractivity contribution < 1.29 is 0 Å². The highest BCUT2D eigenvalue weighted by molar-refractivity contribution is 5.19. The second kappa shape index (κ2) is 5.69. The lowest BCUT2D eigenvalue weighted by atomic mass is 10.2. The van der Waals surface area contributed by atoms with Gasteiger partial charge in [0.05, 0.1) is 0 Å². The van der Waals surface area contributed by atoms with Crippen molar-refractivity contribution in [2.75, 3.05) is 6.54 Å². The van der Waals surface area contributed by atoms with Gasteiger partial charge in [0, 0.05) is 25.0 Å². The van der Waals surface area contributed by atoms with Crippen LogP contribution >= 0.6 is 0 Å². The van der Waals surface area contributed by atoms with Gasteiger partial charge in [-0.3, -0.25) is 0 Å². The first-order valence-electron chi connectivity index (χ1n) is 6.22. The van der Waals surface area contributed by atoms with Crippen molar-refractivity contribution in [1.82, 2.24) is 9.88 Å². The predicted molar refractivity (Wildman–Crippen MR) is 72.1 cm³/mol. The van der Waals surface area contributed by atoms with Crippen molar-refractivity contribution in [2.24, 2.45) is 0 Å². The minimum Gasteiger partial charge on any atom is -0.350 e. The molecule has 2 rings (SSSR count). The van der Waals surface area contributed by atoms with Crippen LogP contribution in [0.25, 0.3) is 0 Å². The van der Waals surface area contributed by atoms with E-state index in [0.717, 1.165) is 13.1 Å². The smallest absolute Gasteiger partial charge is 0.0470 e. The lowest BCUT2D eigenvalue weighted by Crippen LogP contribution is -2.17. The predicted octanol–water partition coefficient (Wildman–Crippen LogP) is 3.21. The normalized spacial score (nSPS) is 12.6. The van der Waals surface area contributed by atoms with Crippen molar-refractivity contribution in [2.45, 2.75) is 26.4 Å². The van der Waals surface area contributed by atoms with E-state index in [9.17, 15) is 0 Å². The van der Waals surface area contributed by atoms with Gasteiger partial charge in [-0.05, 0) is 30.7 Å². The monoisotopic (exact) mass is 228 g/mol. The molecular formula is C15H20N2. The topological polar surface area (TPSA) is 17.0 Å². The first-order chi connectivity index (χ1) is 8.29. The van der Waals surface area contributed by atoms with Crippen LogP contribution in [-0.4, -0.2) is 11.1 Å². The molecule has 0 radical (unpaired) electrons. The minimum atomic E-state index is 0.428. The SMILES string of the molecule is CCNC(C)c1ccn(Cc2ccccc2)c1. The zero-order valence-corrected chi connectivity index (χ0v) is 10.6. The highest BCUT2D eigenvalue weighted by atomic mass is 15.0. The molecule has 1 aromatic carbocycles. The minimum absolute atomic E-state index is 0.428. The van der Waals surface area contributed by atoms with Crippen LogP contribution < -0.4 is 5.32 Å². The Morgan fingerprint density at radius 2 is 1.94 bits per heavy atom. The molecule has 0 bridgehead atoms. The summed E-state index contributed by atoms with van der Waals surface area (Å²) < 4.78 is 2.23. The van der Waals surface area contributed by atoms with E-state index in [-0.39, 0.29) is 0 Å². The first-order valence-corrected chi connectivity index (χ1v) is 6.22.